The molecule has 1 N–H and O–H groups in total. The molecular weight excluding hydrogens is 456 g/mol. The van der Waals surface area contributed by atoms with Gasteiger partial charge < -0.3 is 14.5 Å². The zero-order chi connectivity index (χ0) is 24.9. The van der Waals surface area contributed by atoms with Gasteiger partial charge >= 0.3 is 0 Å². The number of rotatable bonds is 11. The molecule has 5 rings (SSSR count). The number of aromatic nitrogens is 5. The largest absolute Gasteiger partial charge is 0.494 e. The number of hydrogen-bond acceptors (Lipinski definition) is 7. The van der Waals surface area contributed by atoms with Gasteiger partial charge in [-0.1, -0.05) is 26.2 Å². The van der Waals surface area contributed by atoms with Crippen LogP contribution in [0, 0.1) is 0 Å². The second-order valence-corrected chi connectivity index (χ2v) is 10.1. The first-order valence-electron chi connectivity index (χ1n) is 13.6. The molecule has 1 saturated heterocycles. The number of benzene rings is 1. The van der Waals surface area contributed by atoms with E-state index in [0.29, 0.717) is 25.7 Å². The maximum absolute atomic E-state index is 13.2. The van der Waals surface area contributed by atoms with Crippen LogP contribution in [0.3, 0.4) is 0 Å². The van der Waals surface area contributed by atoms with Crippen molar-refractivity contribution >= 4 is 10.9 Å². The second kappa shape index (κ2) is 11.5. The van der Waals surface area contributed by atoms with Crippen molar-refractivity contribution in [2.24, 2.45) is 0 Å². The third-order valence-corrected chi connectivity index (χ3v) is 7.57. The molecule has 1 aromatic carbocycles. The number of nitrogens with one attached hydrogen (secondary N) is 1. The third-order valence-electron chi connectivity index (χ3n) is 7.57. The summed E-state index contributed by atoms with van der Waals surface area (Å²) < 4.78 is 13.5. The number of fused-ring (bicyclic) bond motifs is 1. The van der Waals surface area contributed by atoms with Gasteiger partial charge in [0, 0.05) is 35.7 Å². The molecule has 1 aliphatic heterocycles. The SMILES string of the molecule is CCC[C@@H](c1nnnn1C[C@@H]1CCCO1)N(Cc1cc2cc(OCC)ccc2[nH]c1=O)C1CCCC1. The molecule has 0 radical (unpaired) electrons. The summed E-state index contributed by atoms with van der Waals surface area (Å²) in [5.41, 5.74) is 1.55. The number of aromatic amines is 1. The van der Waals surface area contributed by atoms with Gasteiger partial charge in [-0.3, -0.25) is 9.69 Å². The Morgan fingerprint density at radius 1 is 1.19 bits per heavy atom. The normalized spacial score (nSPS) is 19.5. The van der Waals surface area contributed by atoms with E-state index in [-0.39, 0.29) is 17.7 Å². The van der Waals surface area contributed by atoms with E-state index in [4.69, 9.17) is 9.47 Å². The number of hydrogen-bond donors (Lipinski definition) is 1. The summed E-state index contributed by atoms with van der Waals surface area (Å²) >= 11 is 0. The molecule has 2 aromatic heterocycles. The lowest BCUT2D eigenvalue weighted by molar-refractivity contribution is 0.0828. The summed E-state index contributed by atoms with van der Waals surface area (Å²) in [7, 11) is 0. The fraction of sp³-hybridized carbons (Fsp3) is 0.630. The zero-order valence-corrected chi connectivity index (χ0v) is 21.5. The minimum absolute atomic E-state index is 0.0381. The van der Waals surface area contributed by atoms with Gasteiger partial charge in [0.25, 0.3) is 5.56 Å². The van der Waals surface area contributed by atoms with Crippen LogP contribution in [0.25, 0.3) is 10.9 Å². The molecule has 0 bridgehead atoms. The highest BCUT2D eigenvalue weighted by Crippen LogP contribution is 2.34. The van der Waals surface area contributed by atoms with E-state index in [1.54, 1.807) is 0 Å². The Morgan fingerprint density at radius 3 is 2.81 bits per heavy atom. The number of ether oxygens (including phenoxy) is 2. The summed E-state index contributed by atoms with van der Waals surface area (Å²) in [5, 5.41) is 13.9. The van der Waals surface area contributed by atoms with Crippen molar-refractivity contribution in [3.05, 3.63) is 46.0 Å². The molecule has 36 heavy (non-hydrogen) atoms. The van der Waals surface area contributed by atoms with E-state index in [2.05, 4.69) is 32.3 Å². The molecule has 9 heteroatoms. The molecule has 2 atom stereocenters. The van der Waals surface area contributed by atoms with Gasteiger partial charge in [0.2, 0.25) is 0 Å². The predicted molar refractivity (Wildman–Crippen MR) is 138 cm³/mol. The van der Waals surface area contributed by atoms with Crippen molar-refractivity contribution < 1.29 is 9.47 Å². The monoisotopic (exact) mass is 494 g/mol. The smallest absolute Gasteiger partial charge is 0.252 e. The van der Waals surface area contributed by atoms with Gasteiger partial charge in [-0.2, -0.15) is 0 Å². The fourth-order valence-corrected chi connectivity index (χ4v) is 5.81. The molecule has 3 aromatic rings. The summed E-state index contributed by atoms with van der Waals surface area (Å²) in [4.78, 5) is 18.8. The van der Waals surface area contributed by atoms with Crippen LogP contribution in [0.4, 0.5) is 0 Å². The van der Waals surface area contributed by atoms with Crippen LogP contribution in [0.1, 0.15) is 82.6 Å². The van der Waals surface area contributed by atoms with Crippen molar-refractivity contribution in [3.8, 4) is 5.75 Å². The first-order chi connectivity index (χ1) is 17.7. The van der Waals surface area contributed by atoms with E-state index in [9.17, 15) is 4.79 Å². The highest BCUT2D eigenvalue weighted by Gasteiger charge is 2.33. The molecule has 2 aliphatic rings. The first-order valence-corrected chi connectivity index (χ1v) is 13.6. The van der Waals surface area contributed by atoms with Crippen molar-refractivity contribution in [1.82, 2.24) is 30.1 Å². The molecule has 0 unspecified atom stereocenters. The quantitative estimate of drug-likeness (QED) is 0.422. The van der Waals surface area contributed by atoms with Crippen LogP contribution in [-0.2, 0) is 17.8 Å². The minimum atomic E-state index is -0.0381. The molecule has 9 nitrogen and oxygen atoms in total. The van der Waals surface area contributed by atoms with Crippen molar-refractivity contribution in [2.75, 3.05) is 13.2 Å². The van der Waals surface area contributed by atoms with Crippen LogP contribution in [0.5, 0.6) is 5.75 Å². The van der Waals surface area contributed by atoms with Crippen molar-refractivity contribution in [1.29, 1.82) is 0 Å². The van der Waals surface area contributed by atoms with E-state index in [1.165, 1.54) is 12.8 Å². The fourth-order valence-electron chi connectivity index (χ4n) is 5.81. The molecule has 1 aliphatic carbocycles. The average Bonchev–Trinajstić information content (AvgIpc) is 3.66. The van der Waals surface area contributed by atoms with Gasteiger partial charge in [-0.25, -0.2) is 4.68 Å². The maximum Gasteiger partial charge on any atom is 0.252 e. The topological polar surface area (TPSA) is 98.2 Å². The average molecular weight is 495 g/mol. The molecule has 0 spiro atoms. The highest BCUT2D eigenvalue weighted by atomic mass is 16.5. The lowest BCUT2D eigenvalue weighted by Crippen LogP contribution is -2.39. The molecule has 0 amide bonds. The van der Waals surface area contributed by atoms with Gasteiger partial charge in [-0.05, 0) is 73.7 Å². The molecule has 194 valence electrons. The Balaban J connectivity index is 1.48. The minimum Gasteiger partial charge on any atom is -0.494 e. The number of tetrazole rings is 1. The van der Waals surface area contributed by atoms with E-state index < -0.39 is 0 Å². The summed E-state index contributed by atoms with van der Waals surface area (Å²) in [6.45, 7) is 6.83. The predicted octanol–water partition coefficient (Wildman–Crippen LogP) is 4.38. The van der Waals surface area contributed by atoms with Crippen molar-refractivity contribution in [2.45, 2.75) is 96.5 Å². The molecule has 2 fully saturated rings. The molecule has 1 saturated carbocycles. The second-order valence-electron chi connectivity index (χ2n) is 10.1. The maximum atomic E-state index is 13.2. The van der Waals surface area contributed by atoms with Crippen LogP contribution in [0.15, 0.2) is 29.1 Å². The highest BCUT2D eigenvalue weighted by molar-refractivity contribution is 5.80. The number of H-pyrrole nitrogens is 1. The van der Waals surface area contributed by atoms with E-state index in [0.717, 1.165) is 73.2 Å². The van der Waals surface area contributed by atoms with Crippen LogP contribution >= 0.6 is 0 Å². The summed E-state index contributed by atoms with van der Waals surface area (Å²) in [6, 6.07) is 8.29. The zero-order valence-electron chi connectivity index (χ0n) is 21.5. The van der Waals surface area contributed by atoms with Crippen LogP contribution in [0.2, 0.25) is 0 Å². The van der Waals surface area contributed by atoms with Gasteiger partial charge in [-0.15, -0.1) is 5.10 Å². The van der Waals surface area contributed by atoms with Crippen LogP contribution in [-0.4, -0.2) is 55.5 Å². The number of nitrogens with zero attached hydrogens (tertiary/aromatic N) is 5. The van der Waals surface area contributed by atoms with Gasteiger partial charge in [0.1, 0.15) is 5.75 Å². The van der Waals surface area contributed by atoms with Crippen molar-refractivity contribution in [3.63, 3.8) is 0 Å². The summed E-state index contributed by atoms with van der Waals surface area (Å²) in [6.07, 6.45) is 8.93. The third kappa shape index (κ3) is 5.47. The Labute approximate surface area is 212 Å². The molecule has 3 heterocycles. The Hall–Kier alpha value is -2.78. The Bertz CT molecular complexity index is 1200. The van der Waals surface area contributed by atoms with Gasteiger partial charge in [0.15, 0.2) is 5.82 Å². The van der Waals surface area contributed by atoms with Gasteiger partial charge in [0.05, 0.1) is 25.3 Å². The lowest BCUT2D eigenvalue weighted by Gasteiger charge is -2.35. The van der Waals surface area contributed by atoms with E-state index >= 15 is 0 Å². The Kier molecular flexibility index (Phi) is 7.96. The summed E-state index contributed by atoms with van der Waals surface area (Å²) in [5.74, 6) is 1.70. The van der Waals surface area contributed by atoms with Crippen LogP contribution < -0.4 is 10.3 Å². The standard InChI is InChI=1S/C27H38N6O3/c1-3-8-25(26-29-30-31-33(26)18-23-11-7-14-36-23)32(21-9-5-6-10-21)17-20-15-19-16-22(35-4-2)12-13-24(19)28-27(20)34/h12-13,15-16,21,23,25H,3-11,14,17-18H2,1-2H3,(H,28,34)/t23-,25-/m0/s1. The number of pyridine rings is 1. The lowest BCUT2D eigenvalue weighted by atomic mass is 10.0. The molecular formula is C27H38N6O3. The van der Waals surface area contributed by atoms with E-state index in [1.807, 2.05) is 35.9 Å². The Morgan fingerprint density at radius 2 is 2.06 bits per heavy atom. The first kappa shape index (κ1) is 24.9.